The smallest absolute Gasteiger partial charge is 0.201 e. The lowest BCUT2D eigenvalue weighted by Crippen LogP contribution is -2.15. The summed E-state index contributed by atoms with van der Waals surface area (Å²) in [6.45, 7) is 6.33. The zero-order chi connectivity index (χ0) is 26.6. The first-order valence-corrected chi connectivity index (χ1v) is 14.6. The maximum Gasteiger partial charge on any atom is 0.201 e. The zero-order valence-electron chi connectivity index (χ0n) is 21.8. The number of aromatic nitrogens is 1. The quantitative estimate of drug-likeness (QED) is 0.148. The van der Waals surface area contributed by atoms with Gasteiger partial charge in [-0.2, -0.15) is 5.11 Å². The summed E-state index contributed by atoms with van der Waals surface area (Å²) in [6.07, 6.45) is 4.29. The molecule has 1 fully saturated rings. The minimum absolute atomic E-state index is 0.793. The molecule has 6 rings (SSSR count). The van der Waals surface area contributed by atoms with Crippen LogP contribution in [0.15, 0.2) is 92.7 Å². The molecule has 0 atom stereocenters. The van der Waals surface area contributed by atoms with Gasteiger partial charge in [-0.15, -0.1) is 26.7 Å². The number of benzene rings is 3. The molecule has 5 aromatic rings. The van der Waals surface area contributed by atoms with Gasteiger partial charge in [0.25, 0.3) is 0 Å². The summed E-state index contributed by atoms with van der Waals surface area (Å²) in [5.74, 6) is 0. The monoisotopic (exact) mass is 552 g/mol. The molecule has 0 radical (unpaired) electrons. The molecule has 0 unspecified atom stereocenters. The molecule has 10 heteroatoms. The molecule has 39 heavy (non-hydrogen) atoms. The molecule has 2 aromatic heterocycles. The van der Waals surface area contributed by atoms with Gasteiger partial charge in [0.1, 0.15) is 5.00 Å². The fourth-order valence-corrected chi connectivity index (χ4v) is 5.94. The largest absolute Gasteiger partial charge is 0.363 e. The van der Waals surface area contributed by atoms with Gasteiger partial charge < -0.3 is 4.90 Å². The second-order valence-corrected chi connectivity index (χ2v) is 11.3. The number of thiophene rings is 1. The second kappa shape index (κ2) is 11.3. The van der Waals surface area contributed by atoms with Crippen LogP contribution in [0.5, 0.6) is 0 Å². The van der Waals surface area contributed by atoms with Crippen molar-refractivity contribution in [3.8, 4) is 0 Å². The normalized spacial score (nSPS) is 13.7. The number of hydrazine groups is 1. The summed E-state index contributed by atoms with van der Waals surface area (Å²) in [4.78, 5) is 6.66. The lowest BCUT2D eigenvalue weighted by Gasteiger charge is -2.13. The van der Waals surface area contributed by atoms with E-state index in [1.54, 1.807) is 17.5 Å². The number of hydrogen-bond donors (Lipinski definition) is 2. The third kappa shape index (κ3) is 5.67. The molecular formula is C29H28N8S2. The van der Waals surface area contributed by atoms with E-state index in [2.05, 4.69) is 65.5 Å². The van der Waals surface area contributed by atoms with Crippen molar-refractivity contribution in [1.82, 2.24) is 4.98 Å². The molecule has 3 heterocycles. The van der Waals surface area contributed by atoms with Crippen molar-refractivity contribution in [2.45, 2.75) is 26.7 Å². The third-order valence-electron chi connectivity index (χ3n) is 6.67. The summed E-state index contributed by atoms with van der Waals surface area (Å²) in [5, 5.41) is 25.3. The minimum Gasteiger partial charge on any atom is -0.363 e. The van der Waals surface area contributed by atoms with Crippen LogP contribution in [0.4, 0.5) is 37.9 Å². The van der Waals surface area contributed by atoms with Crippen LogP contribution in [-0.4, -0.2) is 18.1 Å². The van der Waals surface area contributed by atoms with Crippen LogP contribution in [0, 0.1) is 13.8 Å². The Bertz CT molecular complexity index is 1650. The van der Waals surface area contributed by atoms with Crippen LogP contribution in [0.1, 0.15) is 24.0 Å². The molecule has 0 aliphatic carbocycles. The summed E-state index contributed by atoms with van der Waals surface area (Å²) in [7, 11) is 0. The van der Waals surface area contributed by atoms with E-state index in [0.29, 0.717) is 0 Å². The highest BCUT2D eigenvalue weighted by molar-refractivity contribution is 7.19. The van der Waals surface area contributed by atoms with Crippen LogP contribution in [0.3, 0.4) is 0 Å². The molecular weight excluding hydrogens is 525 g/mol. The van der Waals surface area contributed by atoms with Gasteiger partial charge in [0.2, 0.25) is 5.13 Å². The van der Waals surface area contributed by atoms with Crippen molar-refractivity contribution >= 4 is 71.3 Å². The molecule has 0 spiro atoms. The highest BCUT2D eigenvalue weighted by Gasteiger charge is 2.14. The minimum atomic E-state index is 0.793. The van der Waals surface area contributed by atoms with E-state index in [-0.39, 0.29) is 0 Å². The number of fused-ring (bicyclic) bond motifs is 1. The van der Waals surface area contributed by atoms with Gasteiger partial charge in [0.05, 0.1) is 27.8 Å². The summed E-state index contributed by atoms with van der Waals surface area (Å²) >= 11 is 3.23. The second-order valence-electron chi connectivity index (χ2n) is 9.40. The van der Waals surface area contributed by atoms with Crippen molar-refractivity contribution in [2.75, 3.05) is 28.8 Å². The van der Waals surface area contributed by atoms with E-state index in [9.17, 15) is 0 Å². The Morgan fingerprint density at radius 2 is 1.49 bits per heavy atom. The van der Waals surface area contributed by atoms with Crippen LogP contribution in [0.25, 0.3) is 10.8 Å². The van der Waals surface area contributed by atoms with Gasteiger partial charge in [0, 0.05) is 35.4 Å². The van der Waals surface area contributed by atoms with Gasteiger partial charge in [-0.25, -0.2) is 4.98 Å². The molecule has 0 saturated carbocycles. The summed E-state index contributed by atoms with van der Waals surface area (Å²) in [6, 6.07) is 20.3. The zero-order valence-corrected chi connectivity index (χ0v) is 23.4. The van der Waals surface area contributed by atoms with Crippen LogP contribution >= 0.6 is 22.7 Å². The lowest BCUT2D eigenvalue weighted by atomic mass is 10.1. The maximum absolute atomic E-state index is 4.63. The third-order valence-corrected chi connectivity index (χ3v) is 8.39. The number of nitrogens with zero attached hydrogens (tertiary/aromatic N) is 6. The number of hydrogen-bond acceptors (Lipinski definition) is 10. The number of rotatable bonds is 8. The maximum atomic E-state index is 4.63. The Balaban J connectivity index is 1.22. The Morgan fingerprint density at radius 1 is 0.769 bits per heavy atom. The van der Waals surface area contributed by atoms with Gasteiger partial charge in [0.15, 0.2) is 0 Å². The van der Waals surface area contributed by atoms with E-state index in [1.165, 1.54) is 29.2 Å². The standard InChI is InChI=1S/C29H28N8S2/c1-19-18-26(34-36-29-30-13-16-38-29)20(2)17-25(19)33-31-23-9-10-24(22-8-4-3-7-21(22)23)32-35-27-11-12-28(39-27)37-14-5-6-15-37/h3-4,7-13,16-18,34H,5-6,14-15H2,1-2H3,(H,30,36). The van der Waals surface area contributed by atoms with Crippen LogP contribution in [0.2, 0.25) is 0 Å². The Morgan fingerprint density at radius 3 is 2.21 bits per heavy atom. The molecule has 3 aromatic carbocycles. The lowest BCUT2D eigenvalue weighted by molar-refractivity contribution is 0.949. The average Bonchev–Trinajstić information content (AvgIpc) is 3.75. The van der Waals surface area contributed by atoms with E-state index in [4.69, 9.17) is 0 Å². The van der Waals surface area contributed by atoms with Gasteiger partial charge in [-0.3, -0.25) is 10.9 Å². The van der Waals surface area contributed by atoms with Crippen molar-refractivity contribution in [3.05, 3.63) is 83.4 Å². The van der Waals surface area contributed by atoms with Gasteiger partial charge in [-0.1, -0.05) is 35.6 Å². The Hall–Kier alpha value is -4.15. The molecule has 1 aliphatic rings. The van der Waals surface area contributed by atoms with E-state index in [0.717, 1.165) is 67.9 Å². The van der Waals surface area contributed by atoms with Crippen molar-refractivity contribution in [1.29, 1.82) is 0 Å². The topological polar surface area (TPSA) is 89.6 Å². The fraction of sp³-hybridized carbons (Fsp3) is 0.207. The van der Waals surface area contributed by atoms with Crippen molar-refractivity contribution in [2.24, 2.45) is 20.5 Å². The predicted octanol–water partition coefficient (Wildman–Crippen LogP) is 9.84. The first-order valence-electron chi connectivity index (χ1n) is 12.9. The number of nitrogens with one attached hydrogen (secondary N) is 2. The number of anilines is 3. The number of thiazole rings is 1. The fourth-order valence-electron chi connectivity index (χ4n) is 4.58. The van der Waals surface area contributed by atoms with Gasteiger partial charge >= 0.3 is 0 Å². The first kappa shape index (κ1) is 25.1. The number of aryl methyl sites for hydroxylation is 2. The molecule has 8 nitrogen and oxygen atoms in total. The summed E-state index contributed by atoms with van der Waals surface area (Å²) in [5.41, 5.74) is 11.8. The molecule has 1 saturated heterocycles. The molecule has 2 N–H and O–H groups in total. The predicted molar refractivity (Wildman–Crippen MR) is 163 cm³/mol. The highest BCUT2D eigenvalue weighted by Crippen LogP contribution is 2.38. The molecule has 0 amide bonds. The Labute approximate surface area is 235 Å². The molecule has 196 valence electrons. The van der Waals surface area contributed by atoms with E-state index < -0.39 is 0 Å². The number of azo groups is 2. The van der Waals surface area contributed by atoms with Crippen LogP contribution < -0.4 is 15.8 Å². The molecule has 1 aliphatic heterocycles. The molecule has 0 bridgehead atoms. The van der Waals surface area contributed by atoms with E-state index >= 15 is 0 Å². The van der Waals surface area contributed by atoms with Gasteiger partial charge in [-0.05, 0) is 74.2 Å². The van der Waals surface area contributed by atoms with E-state index in [1.807, 2.05) is 55.6 Å². The van der Waals surface area contributed by atoms with Crippen molar-refractivity contribution < 1.29 is 0 Å². The average molecular weight is 553 g/mol. The highest BCUT2D eigenvalue weighted by atomic mass is 32.1. The van der Waals surface area contributed by atoms with Crippen LogP contribution in [-0.2, 0) is 0 Å². The van der Waals surface area contributed by atoms with Crippen molar-refractivity contribution in [3.63, 3.8) is 0 Å². The Kier molecular flexibility index (Phi) is 7.29. The first-order chi connectivity index (χ1) is 19.1. The summed E-state index contributed by atoms with van der Waals surface area (Å²) < 4.78 is 0. The SMILES string of the molecule is Cc1cc(NNc2nccs2)c(C)cc1N=Nc1ccc(N=Nc2ccc(N3CCCC3)s2)c2ccccc12.